The van der Waals surface area contributed by atoms with Crippen LogP contribution in [0.2, 0.25) is 0 Å². The lowest BCUT2D eigenvalue weighted by Crippen LogP contribution is -2.26. The largest absolute Gasteiger partial charge is 0.399 e. The average molecular weight is 253 g/mol. The van der Waals surface area contributed by atoms with E-state index in [9.17, 15) is 0 Å². The number of anilines is 1. The molecule has 1 aromatic carbocycles. The number of nitrogen functional groups attached to an aromatic ring is 1. The second kappa shape index (κ2) is 5.41. The quantitative estimate of drug-likeness (QED) is 0.892. The van der Waals surface area contributed by atoms with E-state index in [4.69, 9.17) is 5.73 Å². The third kappa shape index (κ3) is 2.93. The van der Waals surface area contributed by atoms with Crippen molar-refractivity contribution in [1.82, 2.24) is 9.88 Å². The van der Waals surface area contributed by atoms with Crippen molar-refractivity contribution in [3.05, 3.63) is 59.4 Å². The number of nitrogens with two attached hydrogens (primary N) is 1. The van der Waals surface area contributed by atoms with Crippen molar-refractivity contribution in [2.45, 2.75) is 19.4 Å². The number of hydrogen-bond donors (Lipinski definition) is 1. The van der Waals surface area contributed by atoms with Crippen LogP contribution in [0, 0.1) is 0 Å². The summed E-state index contributed by atoms with van der Waals surface area (Å²) in [5, 5.41) is 0. The van der Waals surface area contributed by atoms with Gasteiger partial charge in [-0.2, -0.15) is 0 Å². The number of pyridine rings is 1. The van der Waals surface area contributed by atoms with Gasteiger partial charge in [-0.25, -0.2) is 0 Å². The van der Waals surface area contributed by atoms with Crippen molar-refractivity contribution < 1.29 is 0 Å². The smallest absolute Gasteiger partial charge is 0.0564 e. The Bertz CT molecular complexity index is 538. The van der Waals surface area contributed by atoms with Gasteiger partial charge in [0, 0.05) is 31.5 Å². The van der Waals surface area contributed by atoms with Crippen molar-refractivity contribution in [2.24, 2.45) is 0 Å². The molecule has 1 aliphatic heterocycles. The zero-order valence-corrected chi connectivity index (χ0v) is 11.0. The Morgan fingerprint density at radius 3 is 2.37 bits per heavy atom. The highest BCUT2D eigenvalue weighted by Crippen LogP contribution is 2.17. The molecule has 0 spiro atoms. The van der Waals surface area contributed by atoms with Gasteiger partial charge in [0.2, 0.25) is 0 Å². The van der Waals surface area contributed by atoms with E-state index in [0.29, 0.717) is 0 Å². The molecule has 0 atom stereocenters. The van der Waals surface area contributed by atoms with Gasteiger partial charge in [0.25, 0.3) is 0 Å². The summed E-state index contributed by atoms with van der Waals surface area (Å²) in [5.74, 6) is 0. The molecule has 3 nitrogen and oxygen atoms in total. The van der Waals surface area contributed by atoms with Crippen LogP contribution < -0.4 is 5.73 Å². The molecule has 1 aliphatic rings. The fourth-order valence-corrected chi connectivity index (χ4v) is 2.68. The first-order chi connectivity index (χ1) is 9.31. The monoisotopic (exact) mass is 253 g/mol. The standard InChI is InChI=1S/C16H19N3/c17-15-5-8-18-16(11-15)12-19-9-6-13-3-1-2-4-14(13)7-10-19/h1-5,8,11H,6-7,9-10,12H2,(H2,17,18). The molecule has 0 saturated heterocycles. The van der Waals surface area contributed by atoms with Gasteiger partial charge in [-0.1, -0.05) is 24.3 Å². The minimum Gasteiger partial charge on any atom is -0.399 e. The van der Waals surface area contributed by atoms with Gasteiger partial charge in [-0.15, -0.1) is 0 Å². The molecule has 0 unspecified atom stereocenters. The molecule has 0 bridgehead atoms. The lowest BCUT2D eigenvalue weighted by Gasteiger charge is -2.19. The molecule has 0 aliphatic carbocycles. The third-order valence-corrected chi connectivity index (χ3v) is 3.74. The van der Waals surface area contributed by atoms with Crippen molar-refractivity contribution in [2.75, 3.05) is 18.8 Å². The predicted molar refractivity (Wildman–Crippen MR) is 77.8 cm³/mol. The zero-order valence-electron chi connectivity index (χ0n) is 11.0. The number of benzene rings is 1. The lowest BCUT2D eigenvalue weighted by molar-refractivity contribution is 0.276. The van der Waals surface area contributed by atoms with Gasteiger partial charge < -0.3 is 5.73 Å². The molecule has 2 N–H and O–H groups in total. The van der Waals surface area contributed by atoms with Crippen LogP contribution >= 0.6 is 0 Å². The van der Waals surface area contributed by atoms with Crippen molar-refractivity contribution >= 4 is 5.69 Å². The van der Waals surface area contributed by atoms with Gasteiger partial charge in [0.05, 0.1) is 5.69 Å². The number of nitrogens with zero attached hydrogens (tertiary/aromatic N) is 2. The van der Waals surface area contributed by atoms with Crippen molar-refractivity contribution in [3.63, 3.8) is 0 Å². The molecular formula is C16H19N3. The van der Waals surface area contributed by atoms with Crippen LogP contribution in [0.4, 0.5) is 5.69 Å². The highest BCUT2D eigenvalue weighted by atomic mass is 15.1. The normalized spacial score (nSPS) is 15.8. The first kappa shape index (κ1) is 12.2. The molecular weight excluding hydrogens is 234 g/mol. The van der Waals surface area contributed by atoms with E-state index < -0.39 is 0 Å². The van der Waals surface area contributed by atoms with E-state index in [0.717, 1.165) is 43.9 Å². The molecule has 0 saturated carbocycles. The van der Waals surface area contributed by atoms with Crippen LogP contribution in [-0.2, 0) is 19.4 Å². The molecule has 3 heteroatoms. The van der Waals surface area contributed by atoms with Gasteiger partial charge in [-0.05, 0) is 36.1 Å². The summed E-state index contributed by atoms with van der Waals surface area (Å²) in [6.45, 7) is 3.07. The predicted octanol–water partition coefficient (Wildman–Crippen LogP) is 2.26. The molecule has 19 heavy (non-hydrogen) atoms. The van der Waals surface area contributed by atoms with Crippen LogP contribution in [0.5, 0.6) is 0 Å². The third-order valence-electron chi connectivity index (χ3n) is 3.74. The SMILES string of the molecule is Nc1ccnc(CN2CCc3ccccc3CC2)c1. The van der Waals surface area contributed by atoms with E-state index in [1.54, 1.807) is 6.20 Å². The minimum atomic E-state index is 0.795. The number of rotatable bonds is 2. The van der Waals surface area contributed by atoms with Gasteiger partial charge in [-0.3, -0.25) is 9.88 Å². The van der Waals surface area contributed by atoms with E-state index >= 15 is 0 Å². The van der Waals surface area contributed by atoms with Gasteiger partial charge in [0.15, 0.2) is 0 Å². The van der Waals surface area contributed by atoms with E-state index in [2.05, 4.69) is 34.1 Å². The van der Waals surface area contributed by atoms with Crippen LogP contribution in [-0.4, -0.2) is 23.0 Å². The van der Waals surface area contributed by atoms with E-state index in [1.807, 2.05) is 12.1 Å². The Hall–Kier alpha value is -1.87. The van der Waals surface area contributed by atoms with Crippen molar-refractivity contribution in [3.8, 4) is 0 Å². The van der Waals surface area contributed by atoms with E-state index in [1.165, 1.54) is 11.1 Å². The highest BCUT2D eigenvalue weighted by molar-refractivity contribution is 5.37. The van der Waals surface area contributed by atoms with Crippen LogP contribution in [0.3, 0.4) is 0 Å². The summed E-state index contributed by atoms with van der Waals surface area (Å²) in [5.41, 5.74) is 10.6. The Morgan fingerprint density at radius 1 is 1.05 bits per heavy atom. The molecule has 98 valence electrons. The summed E-state index contributed by atoms with van der Waals surface area (Å²) >= 11 is 0. The number of aromatic nitrogens is 1. The van der Waals surface area contributed by atoms with Crippen LogP contribution in [0.25, 0.3) is 0 Å². The molecule has 0 amide bonds. The lowest BCUT2D eigenvalue weighted by atomic mass is 10.0. The van der Waals surface area contributed by atoms with Crippen LogP contribution in [0.1, 0.15) is 16.8 Å². The van der Waals surface area contributed by atoms with Gasteiger partial charge >= 0.3 is 0 Å². The second-order valence-electron chi connectivity index (χ2n) is 5.13. The average Bonchev–Trinajstić information content (AvgIpc) is 2.62. The molecule has 3 rings (SSSR count). The first-order valence-electron chi connectivity index (χ1n) is 6.81. The Labute approximate surface area is 114 Å². The molecule has 2 heterocycles. The fourth-order valence-electron chi connectivity index (χ4n) is 2.68. The molecule has 0 radical (unpaired) electrons. The summed E-state index contributed by atoms with van der Waals surface area (Å²) in [7, 11) is 0. The molecule has 0 fully saturated rings. The van der Waals surface area contributed by atoms with Gasteiger partial charge in [0.1, 0.15) is 0 Å². The molecule has 1 aromatic heterocycles. The number of fused-ring (bicyclic) bond motifs is 1. The van der Waals surface area contributed by atoms with Crippen LogP contribution in [0.15, 0.2) is 42.6 Å². The maximum atomic E-state index is 5.81. The maximum Gasteiger partial charge on any atom is 0.0564 e. The highest BCUT2D eigenvalue weighted by Gasteiger charge is 2.13. The first-order valence-corrected chi connectivity index (χ1v) is 6.81. The molecule has 2 aromatic rings. The fraction of sp³-hybridized carbons (Fsp3) is 0.312. The Kier molecular flexibility index (Phi) is 3.47. The van der Waals surface area contributed by atoms with Crippen molar-refractivity contribution in [1.29, 1.82) is 0 Å². The summed E-state index contributed by atoms with van der Waals surface area (Å²) in [4.78, 5) is 6.85. The zero-order chi connectivity index (χ0) is 13.1. The summed E-state index contributed by atoms with van der Waals surface area (Å²) in [6, 6.07) is 12.6. The Morgan fingerprint density at radius 2 is 1.74 bits per heavy atom. The second-order valence-corrected chi connectivity index (χ2v) is 5.13. The maximum absolute atomic E-state index is 5.81. The summed E-state index contributed by atoms with van der Waals surface area (Å²) < 4.78 is 0. The van der Waals surface area contributed by atoms with E-state index in [-0.39, 0.29) is 0 Å². The minimum absolute atomic E-state index is 0.795. The number of hydrogen-bond acceptors (Lipinski definition) is 3. The Balaban J connectivity index is 1.69. The summed E-state index contributed by atoms with van der Waals surface area (Å²) in [6.07, 6.45) is 4.04. The topological polar surface area (TPSA) is 42.1 Å².